The van der Waals surface area contributed by atoms with Crippen LogP contribution in [0.2, 0.25) is 0 Å². The monoisotopic (exact) mass is 411 g/mol. The fourth-order valence-corrected chi connectivity index (χ4v) is 3.29. The Kier molecular flexibility index (Phi) is 6.18. The van der Waals surface area contributed by atoms with Gasteiger partial charge in [-0.3, -0.25) is 25.4 Å². The van der Waals surface area contributed by atoms with Crippen LogP contribution in [0.1, 0.15) is 5.56 Å². The molecule has 0 aliphatic carbocycles. The first-order chi connectivity index (χ1) is 15.2. The number of amides is 2. The maximum absolute atomic E-state index is 12.3. The molecule has 31 heavy (non-hydrogen) atoms. The Morgan fingerprint density at radius 2 is 1.52 bits per heavy atom. The van der Waals surface area contributed by atoms with Crippen LogP contribution in [0.4, 0.5) is 0 Å². The first-order valence-electron chi connectivity index (χ1n) is 9.88. The highest BCUT2D eigenvalue weighted by Crippen LogP contribution is 2.29. The van der Waals surface area contributed by atoms with Crippen molar-refractivity contribution in [2.75, 3.05) is 6.61 Å². The molecule has 0 aliphatic rings. The van der Waals surface area contributed by atoms with Crippen LogP contribution >= 0.6 is 0 Å². The lowest BCUT2D eigenvalue weighted by Crippen LogP contribution is -2.44. The average Bonchev–Trinajstić information content (AvgIpc) is 2.82. The van der Waals surface area contributed by atoms with Gasteiger partial charge in [-0.05, 0) is 23.3 Å². The maximum Gasteiger partial charge on any atom is 0.276 e. The van der Waals surface area contributed by atoms with Gasteiger partial charge < -0.3 is 4.74 Å². The third-order valence-electron chi connectivity index (χ3n) is 4.74. The van der Waals surface area contributed by atoms with E-state index in [2.05, 4.69) is 15.8 Å². The Morgan fingerprint density at radius 1 is 0.774 bits per heavy atom. The molecule has 4 aromatic rings. The fraction of sp³-hybridized carbons (Fsp3) is 0.0800. The first-order valence-corrected chi connectivity index (χ1v) is 9.88. The lowest BCUT2D eigenvalue weighted by Gasteiger charge is -2.12. The fourth-order valence-electron chi connectivity index (χ4n) is 3.29. The minimum absolute atomic E-state index is 0.104. The highest BCUT2D eigenvalue weighted by molar-refractivity contribution is 5.89. The molecule has 6 nitrogen and oxygen atoms in total. The summed E-state index contributed by atoms with van der Waals surface area (Å²) in [5.41, 5.74) is 8.28. The van der Waals surface area contributed by atoms with Crippen molar-refractivity contribution >= 4 is 22.7 Å². The third-order valence-corrected chi connectivity index (χ3v) is 4.74. The van der Waals surface area contributed by atoms with Gasteiger partial charge in [0, 0.05) is 17.1 Å². The zero-order chi connectivity index (χ0) is 21.5. The largest absolute Gasteiger partial charge is 0.483 e. The van der Waals surface area contributed by atoms with Crippen LogP contribution in [-0.2, 0) is 16.0 Å². The number of hydrogen-bond acceptors (Lipinski definition) is 4. The van der Waals surface area contributed by atoms with Crippen LogP contribution in [-0.4, -0.2) is 23.4 Å². The van der Waals surface area contributed by atoms with E-state index in [-0.39, 0.29) is 18.9 Å². The van der Waals surface area contributed by atoms with Crippen LogP contribution in [0.25, 0.3) is 22.0 Å². The number of nitrogens with one attached hydrogen (secondary N) is 2. The Balaban J connectivity index is 1.32. The minimum Gasteiger partial charge on any atom is -0.483 e. The molecule has 0 spiro atoms. The molecule has 0 bridgehead atoms. The van der Waals surface area contributed by atoms with Gasteiger partial charge >= 0.3 is 0 Å². The molecule has 4 rings (SSSR count). The molecule has 0 fully saturated rings. The van der Waals surface area contributed by atoms with E-state index in [0.29, 0.717) is 5.75 Å². The molecule has 0 radical (unpaired) electrons. The van der Waals surface area contributed by atoms with Crippen molar-refractivity contribution in [3.8, 4) is 16.9 Å². The number of fused-ring (bicyclic) bond motifs is 1. The number of hydrogen-bond donors (Lipinski definition) is 2. The van der Waals surface area contributed by atoms with E-state index in [1.54, 1.807) is 6.20 Å². The molecule has 2 amide bonds. The summed E-state index contributed by atoms with van der Waals surface area (Å²) in [7, 11) is 0. The minimum atomic E-state index is -0.452. The number of benzene rings is 3. The zero-order valence-corrected chi connectivity index (χ0v) is 16.7. The van der Waals surface area contributed by atoms with E-state index >= 15 is 0 Å². The molecule has 0 saturated heterocycles. The molecule has 3 aromatic carbocycles. The van der Waals surface area contributed by atoms with Crippen molar-refractivity contribution in [3.05, 3.63) is 96.7 Å². The lowest BCUT2D eigenvalue weighted by molar-refractivity contribution is -0.129. The summed E-state index contributed by atoms with van der Waals surface area (Å²) >= 11 is 0. The van der Waals surface area contributed by atoms with E-state index in [0.717, 1.165) is 27.6 Å². The normalized spacial score (nSPS) is 10.5. The summed E-state index contributed by atoms with van der Waals surface area (Å²) in [5.74, 6) is -0.194. The van der Waals surface area contributed by atoms with Crippen molar-refractivity contribution in [3.63, 3.8) is 0 Å². The van der Waals surface area contributed by atoms with Crippen LogP contribution < -0.4 is 15.6 Å². The van der Waals surface area contributed by atoms with E-state index in [4.69, 9.17) is 4.74 Å². The Hall–Kier alpha value is -4.19. The maximum atomic E-state index is 12.3. The molecule has 0 atom stereocenters. The Labute approximate surface area is 179 Å². The van der Waals surface area contributed by atoms with Gasteiger partial charge in [0.05, 0.1) is 11.9 Å². The number of pyridine rings is 1. The van der Waals surface area contributed by atoms with Crippen molar-refractivity contribution in [2.45, 2.75) is 6.42 Å². The number of hydrazine groups is 1. The van der Waals surface area contributed by atoms with Crippen LogP contribution in [0.15, 0.2) is 91.1 Å². The number of carbonyl (C=O) groups is 2. The number of para-hydroxylation sites is 2. The van der Waals surface area contributed by atoms with Crippen molar-refractivity contribution in [1.82, 2.24) is 15.8 Å². The molecule has 0 aliphatic heterocycles. The highest BCUT2D eigenvalue weighted by Gasteiger charge is 2.11. The second-order valence-electron chi connectivity index (χ2n) is 6.92. The predicted molar refractivity (Wildman–Crippen MR) is 119 cm³/mol. The second-order valence-corrected chi connectivity index (χ2v) is 6.92. The van der Waals surface area contributed by atoms with E-state index < -0.39 is 5.91 Å². The van der Waals surface area contributed by atoms with E-state index in [9.17, 15) is 9.59 Å². The molecule has 1 aromatic heterocycles. The molecule has 154 valence electrons. The van der Waals surface area contributed by atoms with Crippen LogP contribution in [0.3, 0.4) is 0 Å². The van der Waals surface area contributed by atoms with Gasteiger partial charge in [-0.25, -0.2) is 0 Å². The van der Waals surface area contributed by atoms with E-state index in [1.807, 2.05) is 84.9 Å². The van der Waals surface area contributed by atoms with Crippen molar-refractivity contribution in [1.29, 1.82) is 0 Å². The number of nitrogens with zero attached hydrogens (tertiary/aromatic N) is 1. The summed E-state index contributed by atoms with van der Waals surface area (Å²) in [6.07, 6.45) is 1.79. The number of aromatic nitrogens is 1. The van der Waals surface area contributed by atoms with Crippen molar-refractivity contribution < 1.29 is 14.3 Å². The molecule has 0 saturated carbocycles. The molecule has 6 heteroatoms. The summed E-state index contributed by atoms with van der Waals surface area (Å²) < 4.78 is 5.69. The lowest BCUT2D eigenvalue weighted by atomic mass is 10.1. The van der Waals surface area contributed by atoms with Gasteiger partial charge in [0.1, 0.15) is 5.75 Å². The topological polar surface area (TPSA) is 80.3 Å². The van der Waals surface area contributed by atoms with Gasteiger partial charge in [0.25, 0.3) is 5.91 Å². The SMILES string of the molecule is O=C(COc1ccccc1-c1ccccc1)NNC(=O)Cc1cccc2cccnc12. The second kappa shape index (κ2) is 9.54. The quantitative estimate of drug-likeness (QED) is 0.475. The molecule has 1 heterocycles. The van der Waals surface area contributed by atoms with Gasteiger partial charge in [0.15, 0.2) is 6.61 Å². The molecule has 0 unspecified atom stereocenters. The Morgan fingerprint density at radius 3 is 2.39 bits per heavy atom. The third kappa shape index (κ3) is 5.05. The number of ether oxygens (including phenoxy) is 1. The van der Waals surface area contributed by atoms with Crippen LogP contribution in [0, 0.1) is 0 Å². The van der Waals surface area contributed by atoms with E-state index in [1.165, 1.54) is 0 Å². The first kappa shape index (κ1) is 20.1. The molecular weight excluding hydrogens is 390 g/mol. The number of carbonyl (C=O) groups excluding carboxylic acids is 2. The van der Waals surface area contributed by atoms with Crippen molar-refractivity contribution in [2.24, 2.45) is 0 Å². The predicted octanol–water partition coefficient (Wildman–Crippen LogP) is 3.67. The molecular formula is C25H21N3O3. The standard InChI is InChI=1S/C25H21N3O3/c29-23(16-20-11-6-10-19-12-7-15-26-25(19)20)27-28-24(30)17-31-22-14-5-4-13-21(22)18-8-2-1-3-9-18/h1-15H,16-17H2,(H,27,29)(H,28,30). The number of rotatable bonds is 6. The van der Waals surface area contributed by atoms with Gasteiger partial charge in [-0.2, -0.15) is 0 Å². The highest BCUT2D eigenvalue weighted by atomic mass is 16.5. The molecule has 2 N–H and O–H groups in total. The van der Waals surface area contributed by atoms with Crippen LogP contribution in [0.5, 0.6) is 5.75 Å². The smallest absolute Gasteiger partial charge is 0.276 e. The average molecular weight is 411 g/mol. The summed E-state index contributed by atoms with van der Waals surface area (Å²) in [6, 6.07) is 26.7. The summed E-state index contributed by atoms with van der Waals surface area (Å²) in [5, 5.41) is 0.960. The van der Waals surface area contributed by atoms with Gasteiger partial charge in [0.2, 0.25) is 5.91 Å². The van der Waals surface area contributed by atoms with Gasteiger partial charge in [-0.1, -0.05) is 72.8 Å². The summed E-state index contributed by atoms with van der Waals surface area (Å²) in [6.45, 7) is -0.222. The van der Waals surface area contributed by atoms with Gasteiger partial charge in [-0.15, -0.1) is 0 Å². The summed E-state index contributed by atoms with van der Waals surface area (Å²) in [4.78, 5) is 28.8. The zero-order valence-electron chi connectivity index (χ0n) is 16.7. The Bertz CT molecular complexity index is 1200.